The summed E-state index contributed by atoms with van der Waals surface area (Å²) in [4.78, 5) is 15.1. The van der Waals surface area contributed by atoms with Gasteiger partial charge in [-0.25, -0.2) is 13.8 Å². The molecule has 0 atom stereocenters. The molecule has 3 nitrogen and oxygen atoms in total. The minimum Gasteiger partial charge on any atom is -0.470 e. The van der Waals surface area contributed by atoms with E-state index in [1.54, 1.807) is 6.92 Å². The van der Waals surface area contributed by atoms with Gasteiger partial charge in [-0.2, -0.15) is 0 Å². The molecule has 0 aliphatic rings. The zero-order valence-corrected chi connectivity index (χ0v) is 10.2. The fourth-order valence-electron chi connectivity index (χ4n) is 1.08. The van der Waals surface area contributed by atoms with Crippen molar-refractivity contribution in [1.82, 2.24) is 4.98 Å². The van der Waals surface area contributed by atoms with Crippen molar-refractivity contribution in [2.75, 3.05) is 6.61 Å². The number of halogens is 3. The van der Waals surface area contributed by atoms with Crippen molar-refractivity contribution in [2.24, 2.45) is 0 Å². The first-order valence-corrected chi connectivity index (χ1v) is 5.40. The minimum absolute atomic E-state index is 0.0496. The highest BCUT2D eigenvalue weighted by atomic mass is 35.5. The van der Waals surface area contributed by atoms with Crippen molar-refractivity contribution < 1.29 is 18.3 Å². The van der Waals surface area contributed by atoms with Gasteiger partial charge in [-0.1, -0.05) is 18.5 Å². The molecule has 0 radical (unpaired) electrons. The molecule has 0 bridgehead atoms. The van der Waals surface area contributed by atoms with Gasteiger partial charge in [0.15, 0.2) is 12.4 Å². The molecule has 0 aliphatic heterocycles. The van der Waals surface area contributed by atoms with Crippen LogP contribution >= 0.6 is 11.6 Å². The molecule has 0 amide bonds. The second-order valence-electron chi connectivity index (χ2n) is 3.65. The Kier molecular flexibility index (Phi) is 4.40. The SMILES string of the molecule is CCC(=O)c1cnc(OCC(C)(F)F)c(Cl)c1. The third-order valence-corrected chi connectivity index (χ3v) is 2.18. The highest BCUT2D eigenvalue weighted by Crippen LogP contribution is 2.24. The number of pyridine rings is 1. The summed E-state index contributed by atoms with van der Waals surface area (Å²) in [5, 5.41) is 0.0496. The summed E-state index contributed by atoms with van der Waals surface area (Å²) < 4.78 is 29.9. The molecular formula is C11H12ClF2NO2. The van der Waals surface area contributed by atoms with Gasteiger partial charge in [-0.15, -0.1) is 0 Å². The number of hydrogen-bond donors (Lipinski definition) is 0. The zero-order valence-electron chi connectivity index (χ0n) is 9.47. The second kappa shape index (κ2) is 5.40. The molecule has 1 rings (SSSR count). The van der Waals surface area contributed by atoms with Crippen molar-refractivity contribution >= 4 is 17.4 Å². The lowest BCUT2D eigenvalue weighted by Crippen LogP contribution is -2.21. The average molecular weight is 264 g/mol. The Morgan fingerprint density at radius 1 is 1.59 bits per heavy atom. The van der Waals surface area contributed by atoms with Crippen LogP contribution < -0.4 is 4.74 Å². The molecule has 0 fully saturated rings. The van der Waals surface area contributed by atoms with Crippen LogP contribution in [0.3, 0.4) is 0 Å². The van der Waals surface area contributed by atoms with Crippen molar-refractivity contribution in [1.29, 1.82) is 0 Å². The Hall–Kier alpha value is -1.23. The number of hydrogen-bond acceptors (Lipinski definition) is 3. The molecule has 0 saturated carbocycles. The molecule has 6 heteroatoms. The first-order valence-electron chi connectivity index (χ1n) is 5.03. The van der Waals surface area contributed by atoms with Crippen molar-refractivity contribution in [3.63, 3.8) is 0 Å². The summed E-state index contributed by atoms with van der Waals surface area (Å²) in [6.07, 6.45) is 1.59. The summed E-state index contributed by atoms with van der Waals surface area (Å²) in [7, 11) is 0. The molecule has 1 aromatic heterocycles. The Bertz CT molecular complexity index is 418. The number of carbonyl (C=O) groups is 1. The second-order valence-corrected chi connectivity index (χ2v) is 4.05. The van der Waals surface area contributed by atoms with Gasteiger partial charge in [0.25, 0.3) is 5.92 Å². The lowest BCUT2D eigenvalue weighted by Gasteiger charge is -2.12. The van der Waals surface area contributed by atoms with Crippen molar-refractivity contribution in [3.05, 3.63) is 22.8 Å². The Morgan fingerprint density at radius 3 is 2.71 bits per heavy atom. The van der Waals surface area contributed by atoms with E-state index in [-0.39, 0.29) is 16.7 Å². The zero-order chi connectivity index (χ0) is 13.1. The summed E-state index contributed by atoms with van der Waals surface area (Å²) in [6.45, 7) is 1.63. The number of nitrogens with zero attached hydrogens (tertiary/aromatic N) is 1. The molecule has 0 aromatic carbocycles. The standard InChI is InChI=1S/C11H12ClF2NO2/c1-3-9(16)7-4-8(12)10(15-5-7)17-6-11(2,13)14/h4-5H,3,6H2,1-2H3. The fraction of sp³-hybridized carbons (Fsp3) is 0.455. The number of Topliss-reactive ketones (excluding diaryl/α,β-unsaturated/α-hetero) is 1. The van der Waals surface area contributed by atoms with Gasteiger partial charge in [0.1, 0.15) is 5.02 Å². The van der Waals surface area contributed by atoms with Crippen LogP contribution in [-0.4, -0.2) is 23.3 Å². The van der Waals surface area contributed by atoms with Gasteiger partial charge < -0.3 is 4.74 Å². The maximum absolute atomic E-state index is 12.6. The summed E-state index contributed by atoms with van der Waals surface area (Å²) in [6, 6.07) is 1.36. The monoisotopic (exact) mass is 263 g/mol. The number of ether oxygens (including phenoxy) is 1. The Balaban J connectivity index is 2.80. The van der Waals surface area contributed by atoms with E-state index in [1.165, 1.54) is 12.3 Å². The Morgan fingerprint density at radius 2 is 2.24 bits per heavy atom. The molecule has 94 valence electrons. The fourth-order valence-corrected chi connectivity index (χ4v) is 1.30. The Labute approximate surface area is 103 Å². The maximum Gasteiger partial charge on any atom is 0.278 e. The molecular weight excluding hydrogens is 252 g/mol. The van der Waals surface area contributed by atoms with Gasteiger partial charge in [-0.3, -0.25) is 4.79 Å². The van der Waals surface area contributed by atoms with E-state index in [2.05, 4.69) is 4.98 Å². The first kappa shape index (κ1) is 13.8. The van der Waals surface area contributed by atoms with E-state index >= 15 is 0 Å². The van der Waals surface area contributed by atoms with Gasteiger partial charge in [-0.05, 0) is 6.07 Å². The van der Waals surface area contributed by atoms with Crippen LogP contribution in [-0.2, 0) is 0 Å². The normalized spacial score (nSPS) is 11.4. The molecule has 0 spiro atoms. The summed E-state index contributed by atoms with van der Waals surface area (Å²) >= 11 is 5.77. The highest BCUT2D eigenvalue weighted by molar-refractivity contribution is 6.32. The maximum atomic E-state index is 12.6. The highest BCUT2D eigenvalue weighted by Gasteiger charge is 2.23. The van der Waals surface area contributed by atoms with Crippen LogP contribution in [0.4, 0.5) is 8.78 Å². The van der Waals surface area contributed by atoms with E-state index in [1.807, 2.05) is 0 Å². The van der Waals surface area contributed by atoms with Crippen LogP contribution in [0.25, 0.3) is 0 Å². The van der Waals surface area contributed by atoms with Crippen LogP contribution in [0.1, 0.15) is 30.6 Å². The topological polar surface area (TPSA) is 39.2 Å². The molecule has 1 aromatic rings. The quantitative estimate of drug-likeness (QED) is 0.765. The molecule has 0 N–H and O–H groups in total. The van der Waals surface area contributed by atoms with E-state index in [4.69, 9.17) is 16.3 Å². The van der Waals surface area contributed by atoms with Crippen LogP contribution in [0.15, 0.2) is 12.3 Å². The lowest BCUT2D eigenvalue weighted by molar-refractivity contribution is -0.0242. The molecule has 17 heavy (non-hydrogen) atoms. The van der Waals surface area contributed by atoms with Crippen LogP contribution in [0.2, 0.25) is 5.02 Å². The van der Waals surface area contributed by atoms with Gasteiger partial charge >= 0.3 is 0 Å². The van der Waals surface area contributed by atoms with Gasteiger partial charge in [0.05, 0.1) is 0 Å². The number of carbonyl (C=O) groups excluding carboxylic acids is 1. The van der Waals surface area contributed by atoms with E-state index in [0.717, 1.165) is 6.92 Å². The number of ketones is 1. The molecule has 0 unspecified atom stereocenters. The largest absolute Gasteiger partial charge is 0.470 e. The number of rotatable bonds is 5. The molecule has 1 heterocycles. The van der Waals surface area contributed by atoms with Crippen molar-refractivity contribution in [2.45, 2.75) is 26.2 Å². The predicted octanol–water partition coefficient (Wildman–Crippen LogP) is 3.36. The van der Waals surface area contributed by atoms with Crippen LogP contribution in [0, 0.1) is 0 Å². The third-order valence-electron chi connectivity index (χ3n) is 1.91. The van der Waals surface area contributed by atoms with E-state index < -0.39 is 12.5 Å². The first-order chi connectivity index (χ1) is 7.83. The molecule has 0 saturated heterocycles. The van der Waals surface area contributed by atoms with E-state index in [0.29, 0.717) is 12.0 Å². The van der Waals surface area contributed by atoms with Crippen LogP contribution in [0.5, 0.6) is 5.88 Å². The lowest BCUT2D eigenvalue weighted by atomic mass is 10.1. The van der Waals surface area contributed by atoms with Crippen molar-refractivity contribution in [3.8, 4) is 5.88 Å². The van der Waals surface area contributed by atoms with E-state index in [9.17, 15) is 13.6 Å². The number of aromatic nitrogens is 1. The minimum atomic E-state index is -2.96. The van der Waals surface area contributed by atoms with Gasteiger partial charge in [0, 0.05) is 25.1 Å². The van der Waals surface area contributed by atoms with Gasteiger partial charge in [0.2, 0.25) is 5.88 Å². The average Bonchev–Trinajstić information content (AvgIpc) is 2.25. The summed E-state index contributed by atoms with van der Waals surface area (Å²) in [5.41, 5.74) is 0.341. The predicted molar refractivity (Wildman–Crippen MR) is 60.0 cm³/mol. The summed E-state index contributed by atoms with van der Waals surface area (Å²) in [5.74, 6) is -3.17. The smallest absolute Gasteiger partial charge is 0.278 e. The third kappa shape index (κ3) is 4.26. The number of alkyl halides is 2. The molecule has 0 aliphatic carbocycles.